The Kier molecular flexibility index (Phi) is 22.4. The van der Waals surface area contributed by atoms with Gasteiger partial charge in [-0.25, -0.2) is 8.37 Å². The summed E-state index contributed by atoms with van der Waals surface area (Å²) in [6.07, 6.45) is -41.5. The van der Waals surface area contributed by atoms with Crippen LogP contribution in [0.5, 0.6) is 0 Å². The molecule has 6 saturated heterocycles. The molecular formula is C60H94O34S2. The van der Waals surface area contributed by atoms with Crippen LogP contribution in [-0.4, -0.2) is 298 Å². The lowest BCUT2D eigenvalue weighted by molar-refractivity contribution is -0.394. The van der Waals surface area contributed by atoms with Gasteiger partial charge in [0.05, 0.1) is 44.7 Å². The molecule has 550 valence electrons. The number of ketones is 1. The first-order chi connectivity index (χ1) is 44.7. The third-order valence-corrected chi connectivity index (χ3v) is 23.7. The fourth-order valence-corrected chi connectivity index (χ4v) is 18.3. The van der Waals surface area contributed by atoms with Crippen LogP contribution in [-0.2, 0) is 95.6 Å². The minimum atomic E-state index is -5.23. The van der Waals surface area contributed by atoms with E-state index in [0.29, 0.717) is 44.1 Å². The van der Waals surface area contributed by atoms with Gasteiger partial charge in [0.25, 0.3) is 0 Å². The Morgan fingerprint density at radius 2 is 1.17 bits per heavy atom. The monoisotopic (exact) mass is 1420 g/mol. The zero-order chi connectivity index (χ0) is 70.6. The summed E-state index contributed by atoms with van der Waals surface area (Å²) >= 11 is 0. The molecule has 0 aromatic carbocycles. The molecule has 0 aromatic heterocycles. The highest BCUT2D eigenvalue weighted by atomic mass is 32.3. The van der Waals surface area contributed by atoms with Crippen molar-refractivity contribution in [3.63, 3.8) is 0 Å². The zero-order valence-electron chi connectivity index (χ0n) is 54.3. The van der Waals surface area contributed by atoms with Crippen LogP contribution in [0.3, 0.4) is 0 Å². The van der Waals surface area contributed by atoms with Crippen molar-refractivity contribution >= 4 is 32.6 Å². The molecule has 34 nitrogen and oxygen atoms in total. The first-order valence-corrected chi connectivity index (χ1v) is 34.9. The van der Waals surface area contributed by atoms with Gasteiger partial charge < -0.3 is 118 Å². The lowest BCUT2D eigenvalue weighted by atomic mass is 9.40. The highest BCUT2D eigenvalue weighted by molar-refractivity contribution is 7.81. The second kappa shape index (κ2) is 28.2. The van der Waals surface area contributed by atoms with Crippen molar-refractivity contribution in [2.24, 2.45) is 39.4 Å². The topological polar surface area (TPSA) is 515 Å². The van der Waals surface area contributed by atoms with Gasteiger partial charge in [-0.3, -0.25) is 18.7 Å². The number of Topliss-reactive ketones (excluding diaryl/α,β-unsaturated/α-hetero) is 1. The normalized spacial score (nSPS) is 49.5. The van der Waals surface area contributed by atoms with Crippen molar-refractivity contribution < 1.29 is 162 Å². The summed E-state index contributed by atoms with van der Waals surface area (Å²) < 4.78 is 146. The van der Waals surface area contributed by atoms with Gasteiger partial charge in [-0.05, 0) is 99.4 Å². The second-order valence-electron chi connectivity index (χ2n) is 28.7. The van der Waals surface area contributed by atoms with Crippen LogP contribution in [0.2, 0.25) is 0 Å². The Morgan fingerprint density at radius 1 is 0.615 bits per heavy atom. The van der Waals surface area contributed by atoms with Crippen LogP contribution in [0, 0.1) is 39.4 Å². The molecular weight excluding hydrogens is 1330 g/mol. The first kappa shape index (κ1) is 76.1. The summed E-state index contributed by atoms with van der Waals surface area (Å²) in [5.41, 5.74) is -2.96. The molecule has 0 aromatic rings. The van der Waals surface area contributed by atoms with Crippen LogP contribution in [0.1, 0.15) is 99.8 Å². The number of aliphatic hydroxyl groups excluding tert-OH is 12. The van der Waals surface area contributed by atoms with E-state index in [-0.39, 0.29) is 36.4 Å². The number of carbonyl (C=O) groups is 2. The SMILES string of the molecule is C=C(C)C(=O)CC[C@]1(C)OC(=O)[C@]23[C@@H](O)C=C4[C@@H](CC[C@H]5C(C)(C)[C@@H](O[C@@H]6OC[C@@H](O[C@@H]7O[C@H](COS(=O)(=O)O)[C@@H](O)[C@H](O)[C@H]7O)[C@H](O)[C@H]6O[C@@H]6O[C@H](C)[C@@H](O[C@@H]7O[C@H](COS(=O)(=O)O)[C@@H](O)[C@H](O[C@@H]8O[C@H](CO)[C@@H](O)[C@H](OC)[C@H]8O)[C@H]7O)[C@H](O)[C@H]6O)CC[C@]45C)[C@]2(C)CC[C@@H]31. The number of esters is 1. The fourth-order valence-electron chi connectivity index (χ4n) is 17.7. The number of methoxy groups -OCH3 is 1. The van der Waals surface area contributed by atoms with Crippen LogP contribution < -0.4 is 0 Å². The third-order valence-electron chi connectivity index (χ3n) is 22.8. The molecule has 0 unspecified atom stereocenters. The number of rotatable bonds is 22. The lowest BCUT2D eigenvalue weighted by Gasteiger charge is -2.64. The molecule has 3 saturated carbocycles. The van der Waals surface area contributed by atoms with Crippen molar-refractivity contribution in [1.29, 1.82) is 0 Å². The van der Waals surface area contributed by atoms with E-state index in [1.807, 2.05) is 26.8 Å². The van der Waals surface area contributed by atoms with Crippen LogP contribution >= 0.6 is 0 Å². The van der Waals surface area contributed by atoms with Crippen molar-refractivity contribution in [3.05, 3.63) is 23.8 Å². The summed E-state index contributed by atoms with van der Waals surface area (Å²) in [6.45, 7) is 13.1. The van der Waals surface area contributed by atoms with Gasteiger partial charge in [0, 0.05) is 19.4 Å². The Balaban J connectivity index is 0.893. The predicted octanol–water partition coefficient (Wildman–Crippen LogP) is -3.76. The minimum Gasteiger partial charge on any atom is -0.458 e. The van der Waals surface area contributed by atoms with Crippen molar-refractivity contribution in [1.82, 2.24) is 0 Å². The molecule has 9 fully saturated rings. The molecule has 6 heterocycles. The van der Waals surface area contributed by atoms with E-state index < -0.39 is 240 Å². The summed E-state index contributed by atoms with van der Waals surface area (Å²) in [5.74, 6) is -1.31. The van der Waals surface area contributed by atoms with E-state index in [2.05, 4.69) is 28.8 Å². The molecule has 0 bridgehead atoms. The number of hydrogen-bond acceptors (Lipinski definition) is 32. The smallest absolute Gasteiger partial charge is 0.397 e. The van der Waals surface area contributed by atoms with Gasteiger partial charge in [-0.15, -0.1) is 0 Å². The number of carbonyl (C=O) groups excluding carboxylic acids is 2. The average Bonchev–Trinajstić information content (AvgIpc) is 1.46. The highest BCUT2D eigenvalue weighted by Crippen LogP contribution is 2.76. The van der Waals surface area contributed by atoms with Gasteiger partial charge in [-0.1, -0.05) is 45.9 Å². The van der Waals surface area contributed by atoms with Crippen molar-refractivity contribution in [3.8, 4) is 0 Å². The molecule has 0 amide bonds. The molecule has 0 radical (unpaired) electrons. The number of allylic oxidation sites excluding steroid dienone is 2. The maximum Gasteiger partial charge on any atom is 0.397 e. The summed E-state index contributed by atoms with van der Waals surface area (Å²) in [6, 6.07) is 0. The molecule has 36 heteroatoms. The Hall–Kier alpha value is -2.56. The van der Waals surface area contributed by atoms with Crippen LogP contribution in [0.4, 0.5) is 0 Å². The molecule has 1 spiro atoms. The van der Waals surface area contributed by atoms with Crippen LogP contribution in [0.25, 0.3) is 0 Å². The summed E-state index contributed by atoms with van der Waals surface area (Å²) in [4.78, 5) is 27.4. The predicted molar refractivity (Wildman–Crippen MR) is 316 cm³/mol. The standard InChI is InChI=1S/C60H94O34S2/c1-23(2)27(62)12-17-59(8)33-13-16-58(7)25-10-11-32-56(4,5)35(14-15-57(32,6)26(25)18-34(63)60(33,58)55(74)94-59)90-54-49(39(67)29(20-82-54)87-51-42(70)40(68)36(64)30(88-51)21-83-95(75,76)77)93-50-43(71)41(69)46(24(3)85-50)91-53-45(73)48(38(66)31(89-53)22-84-96(78,79)80)92-52-44(72)47(81-9)37(65)28(19-61)86-52/h18,24-25,28-54,61,63-73H,1,10-17,19-22H2,2-9H3,(H,75,76,77)(H,78,79,80)/t24-,25-,28-,29-,30-,31-,32+,33-,34+,35+,36-,37-,38-,39+,40+,41-,42-,43-,44-,45-,46-,47+,48+,49-,50+,51-,52+,53+,54+,57-,58+,59+,60+/m1/s1. The largest absolute Gasteiger partial charge is 0.458 e. The summed E-state index contributed by atoms with van der Waals surface area (Å²) in [7, 11) is -9.23. The Bertz CT molecular complexity index is 3070. The molecule has 6 aliphatic heterocycles. The maximum absolute atomic E-state index is 14.6. The molecule has 33 atom stereocenters. The van der Waals surface area contributed by atoms with Gasteiger partial charge >= 0.3 is 26.8 Å². The van der Waals surface area contributed by atoms with Crippen LogP contribution in [0.15, 0.2) is 23.8 Å². The van der Waals surface area contributed by atoms with Crippen molar-refractivity contribution in [2.45, 2.75) is 265 Å². The van der Waals surface area contributed by atoms with Gasteiger partial charge in [0.15, 0.2) is 37.2 Å². The van der Waals surface area contributed by atoms with E-state index in [4.69, 9.17) is 56.8 Å². The fraction of sp³-hybridized carbons (Fsp3) is 0.900. The molecule has 14 N–H and O–H groups in total. The number of cyclic esters (lactones) is 1. The van der Waals surface area contributed by atoms with E-state index >= 15 is 0 Å². The average molecular weight is 1420 g/mol. The minimum absolute atomic E-state index is 0.131. The second-order valence-corrected chi connectivity index (χ2v) is 30.8. The number of hydrogen-bond donors (Lipinski definition) is 14. The Labute approximate surface area is 554 Å². The molecule has 96 heavy (non-hydrogen) atoms. The first-order valence-electron chi connectivity index (χ1n) is 32.2. The quantitative estimate of drug-likeness (QED) is 0.0163. The van der Waals surface area contributed by atoms with Gasteiger partial charge in [0.2, 0.25) is 0 Å². The van der Waals surface area contributed by atoms with Gasteiger partial charge in [0.1, 0.15) is 121 Å². The van der Waals surface area contributed by atoms with E-state index in [1.165, 1.54) is 6.92 Å². The van der Waals surface area contributed by atoms with E-state index in [0.717, 1.165) is 12.7 Å². The lowest BCUT2D eigenvalue weighted by Crippen LogP contribution is -2.67. The summed E-state index contributed by atoms with van der Waals surface area (Å²) in [5, 5.41) is 136. The maximum atomic E-state index is 14.6. The zero-order valence-corrected chi connectivity index (χ0v) is 55.9. The number of aliphatic hydroxyl groups is 12. The van der Waals surface area contributed by atoms with E-state index in [9.17, 15) is 96.8 Å². The molecule has 10 rings (SSSR count). The number of fused-ring (bicyclic) bond motifs is 4. The van der Waals surface area contributed by atoms with Crippen molar-refractivity contribution in [2.75, 3.05) is 33.5 Å². The Morgan fingerprint density at radius 3 is 1.77 bits per heavy atom. The molecule has 4 aliphatic carbocycles. The third kappa shape index (κ3) is 13.7. The van der Waals surface area contributed by atoms with E-state index in [1.54, 1.807) is 6.92 Å². The molecule has 10 aliphatic rings. The van der Waals surface area contributed by atoms with Gasteiger partial charge in [-0.2, -0.15) is 16.8 Å². The number of ether oxygens (including phenoxy) is 12. The highest BCUT2D eigenvalue weighted by Gasteiger charge is 2.79.